The first-order valence-corrected chi connectivity index (χ1v) is 9.60. The molecule has 1 aromatic heterocycles. The Bertz CT molecular complexity index is 1130. The molecule has 1 saturated heterocycles. The van der Waals surface area contributed by atoms with Crippen molar-refractivity contribution in [1.29, 1.82) is 0 Å². The van der Waals surface area contributed by atoms with E-state index in [0.29, 0.717) is 23.1 Å². The molecule has 0 unspecified atom stereocenters. The molecular formula is C21H17Cl2N3O2. The van der Waals surface area contributed by atoms with Crippen LogP contribution in [0.3, 0.4) is 0 Å². The van der Waals surface area contributed by atoms with Gasteiger partial charge in [-0.25, -0.2) is 4.79 Å². The molecule has 0 spiro atoms. The van der Waals surface area contributed by atoms with Gasteiger partial charge in [0.1, 0.15) is 5.70 Å². The number of hydrogen-bond acceptors (Lipinski definition) is 2. The van der Waals surface area contributed by atoms with Crippen LogP contribution >= 0.6 is 23.2 Å². The number of benzene rings is 2. The molecule has 0 bridgehead atoms. The monoisotopic (exact) mass is 413 g/mol. The summed E-state index contributed by atoms with van der Waals surface area (Å²) in [7, 11) is 0. The van der Waals surface area contributed by atoms with Crippen molar-refractivity contribution in [3.8, 4) is 0 Å². The van der Waals surface area contributed by atoms with Crippen LogP contribution in [0.1, 0.15) is 18.1 Å². The molecule has 1 aliphatic rings. The fourth-order valence-corrected chi connectivity index (χ4v) is 3.84. The lowest BCUT2D eigenvalue weighted by molar-refractivity contribution is -0.122. The van der Waals surface area contributed by atoms with Crippen LogP contribution in [0.2, 0.25) is 10.0 Å². The summed E-state index contributed by atoms with van der Waals surface area (Å²) in [5, 5.41) is 4.82. The number of likely N-dealkylation sites (N-methyl/N-ethyl adjacent to an activating group) is 1. The van der Waals surface area contributed by atoms with Gasteiger partial charge in [0.15, 0.2) is 0 Å². The molecule has 3 amide bonds. The molecule has 0 saturated carbocycles. The molecule has 0 aliphatic carbocycles. The number of halogens is 2. The molecule has 5 nitrogen and oxygen atoms in total. The van der Waals surface area contributed by atoms with Gasteiger partial charge < -0.3 is 9.88 Å². The lowest BCUT2D eigenvalue weighted by Gasteiger charge is -2.08. The van der Waals surface area contributed by atoms with E-state index in [1.807, 2.05) is 42.6 Å². The molecule has 0 radical (unpaired) electrons. The van der Waals surface area contributed by atoms with E-state index in [-0.39, 0.29) is 11.6 Å². The summed E-state index contributed by atoms with van der Waals surface area (Å²) in [6, 6.07) is 12.9. The van der Waals surface area contributed by atoms with Gasteiger partial charge in [0, 0.05) is 45.8 Å². The summed E-state index contributed by atoms with van der Waals surface area (Å²) in [5.74, 6) is -0.315. The molecule has 1 aliphatic heterocycles. The number of fused-ring (bicyclic) bond motifs is 1. The highest BCUT2D eigenvalue weighted by Crippen LogP contribution is 2.28. The highest BCUT2D eigenvalue weighted by Gasteiger charge is 2.32. The van der Waals surface area contributed by atoms with Gasteiger partial charge in [-0.1, -0.05) is 47.5 Å². The van der Waals surface area contributed by atoms with Crippen LogP contribution in [0, 0.1) is 0 Å². The van der Waals surface area contributed by atoms with E-state index in [1.54, 1.807) is 19.1 Å². The van der Waals surface area contributed by atoms with E-state index in [2.05, 4.69) is 9.88 Å². The van der Waals surface area contributed by atoms with Crippen molar-refractivity contribution < 1.29 is 9.59 Å². The maximum atomic E-state index is 12.4. The maximum Gasteiger partial charge on any atom is 0.328 e. The minimum absolute atomic E-state index is 0.277. The molecule has 142 valence electrons. The van der Waals surface area contributed by atoms with Crippen LogP contribution in [0.25, 0.3) is 17.0 Å². The fraction of sp³-hybridized carbons (Fsp3) is 0.143. The number of carbonyl (C=O) groups is 2. The van der Waals surface area contributed by atoms with E-state index in [1.165, 1.54) is 4.90 Å². The predicted octanol–water partition coefficient (Wildman–Crippen LogP) is 4.91. The van der Waals surface area contributed by atoms with Crippen LogP contribution in [0.15, 0.2) is 54.4 Å². The van der Waals surface area contributed by atoms with E-state index < -0.39 is 6.03 Å². The van der Waals surface area contributed by atoms with E-state index in [9.17, 15) is 9.59 Å². The van der Waals surface area contributed by atoms with Gasteiger partial charge in [0.05, 0.1) is 0 Å². The van der Waals surface area contributed by atoms with E-state index in [4.69, 9.17) is 23.2 Å². The number of para-hydroxylation sites is 1. The lowest BCUT2D eigenvalue weighted by Crippen LogP contribution is -2.30. The Kier molecular flexibility index (Phi) is 4.87. The molecular weight excluding hydrogens is 397 g/mol. The largest absolute Gasteiger partial charge is 0.342 e. The van der Waals surface area contributed by atoms with E-state index >= 15 is 0 Å². The number of rotatable bonds is 4. The summed E-state index contributed by atoms with van der Waals surface area (Å²) in [5.41, 5.74) is 3.07. The van der Waals surface area contributed by atoms with Gasteiger partial charge in [-0.3, -0.25) is 9.69 Å². The Morgan fingerprint density at radius 2 is 1.89 bits per heavy atom. The van der Waals surface area contributed by atoms with Crippen molar-refractivity contribution in [3.05, 3.63) is 75.5 Å². The smallest absolute Gasteiger partial charge is 0.328 e. The molecule has 2 heterocycles. The Labute approximate surface area is 172 Å². The van der Waals surface area contributed by atoms with E-state index in [0.717, 1.165) is 22.0 Å². The highest BCUT2D eigenvalue weighted by atomic mass is 35.5. The Morgan fingerprint density at radius 3 is 2.61 bits per heavy atom. The maximum absolute atomic E-state index is 12.4. The van der Waals surface area contributed by atoms with Crippen molar-refractivity contribution >= 4 is 52.1 Å². The molecule has 2 aromatic carbocycles. The van der Waals surface area contributed by atoms with Crippen molar-refractivity contribution in [2.75, 3.05) is 6.54 Å². The molecule has 4 rings (SSSR count). The number of nitrogens with one attached hydrogen (secondary N) is 1. The second kappa shape index (κ2) is 7.34. The SMILES string of the molecule is CCN1C(=O)N/C(=C/c2cn(Cc3ccc(Cl)cc3Cl)c3ccccc23)C1=O. The molecule has 1 N–H and O–H groups in total. The van der Waals surface area contributed by atoms with Gasteiger partial charge >= 0.3 is 6.03 Å². The number of amides is 3. The molecule has 28 heavy (non-hydrogen) atoms. The first-order chi connectivity index (χ1) is 13.5. The second-order valence-corrected chi connectivity index (χ2v) is 7.35. The summed E-state index contributed by atoms with van der Waals surface area (Å²) < 4.78 is 2.07. The number of urea groups is 1. The topological polar surface area (TPSA) is 54.3 Å². The minimum Gasteiger partial charge on any atom is -0.342 e. The van der Waals surface area contributed by atoms with Crippen LogP contribution in [0.4, 0.5) is 4.79 Å². The van der Waals surface area contributed by atoms with Crippen molar-refractivity contribution in [2.45, 2.75) is 13.5 Å². The second-order valence-electron chi connectivity index (χ2n) is 6.50. The first kappa shape index (κ1) is 18.6. The highest BCUT2D eigenvalue weighted by molar-refractivity contribution is 6.35. The van der Waals surface area contributed by atoms with Gasteiger partial charge in [-0.2, -0.15) is 0 Å². The normalized spacial score (nSPS) is 15.7. The number of imide groups is 1. The third kappa shape index (κ3) is 3.28. The average molecular weight is 414 g/mol. The Balaban J connectivity index is 1.76. The molecule has 1 fully saturated rings. The van der Waals surface area contributed by atoms with Gasteiger partial charge in [0.2, 0.25) is 0 Å². The standard InChI is InChI=1S/C21H17Cl2N3O2/c1-2-26-20(27)18(24-21(26)28)9-14-12-25(19-6-4-3-5-16(14)19)11-13-7-8-15(22)10-17(13)23/h3-10,12H,2,11H2,1H3,(H,24,28)/b18-9+. The van der Waals surface area contributed by atoms with Crippen molar-refractivity contribution in [2.24, 2.45) is 0 Å². The quantitative estimate of drug-likeness (QED) is 0.487. The zero-order chi connectivity index (χ0) is 19.8. The summed E-state index contributed by atoms with van der Waals surface area (Å²) in [6.07, 6.45) is 3.68. The third-order valence-electron chi connectivity index (χ3n) is 4.75. The van der Waals surface area contributed by atoms with Crippen LogP contribution in [-0.2, 0) is 11.3 Å². The fourth-order valence-electron chi connectivity index (χ4n) is 3.37. The average Bonchev–Trinajstić information content (AvgIpc) is 3.15. The Morgan fingerprint density at radius 1 is 1.11 bits per heavy atom. The summed E-state index contributed by atoms with van der Waals surface area (Å²) in [4.78, 5) is 25.5. The zero-order valence-corrected chi connectivity index (χ0v) is 16.6. The molecule has 7 heteroatoms. The molecule has 0 atom stereocenters. The number of carbonyl (C=O) groups excluding carboxylic acids is 2. The van der Waals surface area contributed by atoms with Crippen molar-refractivity contribution in [3.63, 3.8) is 0 Å². The summed E-state index contributed by atoms with van der Waals surface area (Å²) in [6.45, 7) is 2.65. The number of nitrogens with zero attached hydrogens (tertiary/aromatic N) is 2. The third-order valence-corrected chi connectivity index (χ3v) is 5.34. The summed E-state index contributed by atoms with van der Waals surface area (Å²) >= 11 is 12.3. The Hall–Kier alpha value is -2.76. The minimum atomic E-state index is -0.393. The van der Waals surface area contributed by atoms with Gasteiger partial charge in [-0.15, -0.1) is 0 Å². The number of hydrogen-bond donors (Lipinski definition) is 1. The number of aromatic nitrogens is 1. The predicted molar refractivity (Wildman–Crippen MR) is 111 cm³/mol. The van der Waals surface area contributed by atoms with Crippen molar-refractivity contribution in [1.82, 2.24) is 14.8 Å². The first-order valence-electron chi connectivity index (χ1n) is 8.84. The van der Waals surface area contributed by atoms with Crippen LogP contribution in [-0.4, -0.2) is 28.0 Å². The van der Waals surface area contributed by atoms with Gasteiger partial charge in [-0.05, 0) is 36.8 Å². The van der Waals surface area contributed by atoms with Gasteiger partial charge in [0.25, 0.3) is 5.91 Å². The lowest BCUT2D eigenvalue weighted by atomic mass is 10.1. The molecule has 3 aromatic rings. The van der Waals surface area contributed by atoms with Crippen LogP contribution < -0.4 is 5.32 Å². The zero-order valence-electron chi connectivity index (χ0n) is 15.1. The van der Waals surface area contributed by atoms with Crippen LogP contribution in [0.5, 0.6) is 0 Å².